The fourth-order valence-corrected chi connectivity index (χ4v) is 3.03. The van der Waals surface area contributed by atoms with Gasteiger partial charge >= 0.3 is 0 Å². The fraction of sp³-hybridized carbons (Fsp3) is 0.636. The summed E-state index contributed by atoms with van der Waals surface area (Å²) >= 11 is 0. The lowest BCUT2D eigenvalue weighted by Gasteiger charge is -2.15. The van der Waals surface area contributed by atoms with Crippen molar-refractivity contribution in [1.82, 2.24) is 14.3 Å². The lowest BCUT2D eigenvalue weighted by Crippen LogP contribution is -2.32. The van der Waals surface area contributed by atoms with E-state index in [0.29, 0.717) is 31.3 Å². The van der Waals surface area contributed by atoms with E-state index < -0.39 is 10.0 Å². The Labute approximate surface area is 112 Å². The van der Waals surface area contributed by atoms with E-state index >= 15 is 0 Å². The van der Waals surface area contributed by atoms with Gasteiger partial charge in [0.05, 0.1) is 31.8 Å². The van der Waals surface area contributed by atoms with Crippen molar-refractivity contribution in [3.05, 3.63) is 12.4 Å². The Morgan fingerprint density at radius 2 is 2.16 bits per heavy atom. The lowest BCUT2D eigenvalue weighted by molar-refractivity contribution is 0.203. The first-order valence-electron chi connectivity index (χ1n) is 6.05. The van der Waals surface area contributed by atoms with Crippen LogP contribution in [-0.2, 0) is 10.0 Å². The molecule has 1 atom stereocenters. The van der Waals surface area contributed by atoms with Gasteiger partial charge < -0.3 is 9.47 Å². The third-order valence-corrected chi connectivity index (χ3v) is 4.80. The maximum Gasteiger partial charge on any atom is 0.235 e. The molecule has 106 valence electrons. The molecule has 0 amide bonds. The Kier molecular flexibility index (Phi) is 4.20. The van der Waals surface area contributed by atoms with Gasteiger partial charge in [0.25, 0.3) is 0 Å². The summed E-state index contributed by atoms with van der Waals surface area (Å²) in [4.78, 5) is 8.02. The molecule has 0 bridgehead atoms. The zero-order valence-corrected chi connectivity index (χ0v) is 11.8. The third-order valence-electron chi connectivity index (χ3n) is 2.95. The number of nitrogens with zero attached hydrogens (tertiary/aromatic N) is 3. The second kappa shape index (κ2) is 5.70. The average molecular weight is 287 g/mol. The Hall–Kier alpha value is -1.41. The van der Waals surface area contributed by atoms with Gasteiger partial charge in [-0.15, -0.1) is 0 Å². The number of aromatic nitrogens is 2. The molecule has 19 heavy (non-hydrogen) atoms. The molecule has 8 heteroatoms. The van der Waals surface area contributed by atoms with Crippen molar-refractivity contribution >= 4 is 10.0 Å². The molecule has 1 fully saturated rings. The molecular weight excluding hydrogens is 270 g/mol. The van der Waals surface area contributed by atoms with Crippen LogP contribution in [0.25, 0.3) is 0 Å². The zero-order valence-electron chi connectivity index (χ0n) is 10.9. The highest BCUT2D eigenvalue weighted by atomic mass is 32.2. The first-order valence-corrected chi connectivity index (χ1v) is 7.66. The zero-order chi connectivity index (χ0) is 13.9. The summed E-state index contributed by atoms with van der Waals surface area (Å²) in [6.45, 7) is 2.48. The third kappa shape index (κ3) is 3.32. The van der Waals surface area contributed by atoms with Crippen molar-refractivity contribution in [2.24, 2.45) is 0 Å². The molecule has 2 rings (SSSR count). The maximum atomic E-state index is 11.7. The van der Waals surface area contributed by atoms with Gasteiger partial charge in [-0.2, -0.15) is 9.29 Å². The van der Waals surface area contributed by atoms with Crippen molar-refractivity contribution in [3.63, 3.8) is 0 Å². The Bertz CT molecular complexity index is 534. The van der Waals surface area contributed by atoms with Gasteiger partial charge in [-0.3, -0.25) is 4.98 Å². The molecule has 1 aliphatic rings. The summed E-state index contributed by atoms with van der Waals surface area (Å²) < 4.78 is 35.5. The molecule has 7 nitrogen and oxygen atoms in total. The smallest absolute Gasteiger partial charge is 0.235 e. The van der Waals surface area contributed by atoms with Gasteiger partial charge in [0, 0.05) is 6.54 Å². The molecule has 0 N–H and O–H groups in total. The molecule has 0 radical (unpaired) electrons. The Morgan fingerprint density at radius 1 is 1.42 bits per heavy atom. The van der Waals surface area contributed by atoms with Gasteiger partial charge in [0.15, 0.2) is 0 Å². The van der Waals surface area contributed by atoms with Crippen LogP contribution in [0.5, 0.6) is 11.8 Å². The summed E-state index contributed by atoms with van der Waals surface area (Å²) in [5, 5.41) is 0. The molecule has 1 aromatic heterocycles. The van der Waals surface area contributed by atoms with E-state index in [1.807, 2.05) is 0 Å². The number of ether oxygens (including phenoxy) is 2. The molecule has 2 heterocycles. The average Bonchev–Trinajstić information content (AvgIpc) is 2.88. The molecule has 0 aliphatic carbocycles. The molecule has 0 aromatic carbocycles. The van der Waals surface area contributed by atoms with Crippen molar-refractivity contribution in [3.8, 4) is 11.8 Å². The van der Waals surface area contributed by atoms with Crippen LogP contribution in [0.15, 0.2) is 12.4 Å². The SMILES string of the molecule is CCS(=O)(=O)N1CCC(Oc2cncc(OC)n2)C1. The van der Waals surface area contributed by atoms with Gasteiger partial charge in [0.1, 0.15) is 6.10 Å². The van der Waals surface area contributed by atoms with Crippen LogP contribution >= 0.6 is 0 Å². The Balaban J connectivity index is 1.98. The van der Waals surface area contributed by atoms with E-state index in [-0.39, 0.29) is 11.9 Å². The minimum Gasteiger partial charge on any atom is -0.480 e. The predicted molar refractivity (Wildman–Crippen MR) is 68.7 cm³/mol. The van der Waals surface area contributed by atoms with Crippen molar-refractivity contribution in [1.29, 1.82) is 0 Å². The van der Waals surface area contributed by atoms with Crippen LogP contribution in [0.3, 0.4) is 0 Å². The van der Waals surface area contributed by atoms with E-state index in [4.69, 9.17) is 9.47 Å². The second-order valence-corrected chi connectivity index (χ2v) is 6.44. The molecule has 0 saturated carbocycles. The summed E-state index contributed by atoms with van der Waals surface area (Å²) in [5.74, 6) is 0.826. The topological polar surface area (TPSA) is 81.6 Å². The van der Waals surface area contributed by atoms with Crippen LogP contribution in [0, 0.1) is 0 Å². The van der Waals surface area contributed by atoms with E-state index in [1.165, 1.54) is 23.8 Å². The molecule has 1 saturated heterocycles. The first-order chi connectivity index (χ1) is 9.05. The normalized spacial score (nSPS) is 20.4. The van der Waals surface area contributed by atoms with Crippen molar-refractivity contribution in [2.45, 2.75) is 19.4 Å². The van der Waals surface area contributed by atoms with E-state index in [0.717, 1.165) is 0 Å². The minimum atomic E-state index is -3.14. The molecule has 1 unspecified atom stereocenters. The maximum absolute atomic E-state index is 11.7. The van der Waals surface area contributed by atoms with Crippen LogP contribution in [0.2, 0.25) is 0 Å². The summed E-state index contributed by atoms with van der Waals surface area (Å²) in [5.41, 5.74) is 0. The number of hydrogen-bond acceptors (Lipinski definition) is 6. The molecule has 0 spiro atoms. The van der Waals surface area contributed by atoms with Gasteiger partial charge in [-0.25, -0.2) is 8.42 Å². The standard InChI is InChI=1S/C11H17N3O4S/c1-3-19(15,16)14-5-4-9(8-14)18-11-7-12-6-10(13-11)17-2/h6-7,9H,3-5,8H2,1-2H3. The van der Waals surface area contributed by atoms with Crippen LogP contribution in [0.4, 0.5) is 0 Å². The number of rotatable bonds is 5. The number of methoxy groups -OCH3 is 1. The summed E-state index contributed by atoms with van der Waals surface area (Å²) in [6.07, 6.45) is 3.43. The minimum absolute atomic E-state index is 0.110. The number of hydrogen-bond donors (Lipinski definition) is 0. The first kappa shape index (κ1) is 14.0. The predicted octanol–water partition coefficient (Wildman–Crippen LogP) is 0.288. The molecule has 1 aliphatic heterocycles. The van der Waals surface area contributed by atoms with Crippen LogP contribution in [-0.4, -0.2) is 54.7 Å². The Morgan fingerprint density at radius 3 is 2.84 bits per heavy atom. The van der Waals surface area contributed by atoms with Gasteiger partial charge in [-0.05, 0) is 13.3 Å². The fourth-order valence-electron chi connectivity index (χ4n) is 1.89. The quantitative estimate of drug-likeness (QED) is 0.774. The molecular formula is C11H17N3O4S. The highest BCUT2D eigenvalue weighted by Gasteiger charge is 2.31. The van der Waals surface area contributed by atoms with Crippen molar-refractivity contribution < 1.29 is 17.9 Å². The number of sulfonamides is 1. The highest BCUT2D eigenvalue weighted by molar-refractivity contribution is 7.89. The molecule has 1 aromatic rings. The monoisotopic (exact) mass is 287 g/mol. The largest absolute Gasteiger partial charge is 0.480 e. The second-order valence-electron chi connectivity index (χ2n) is 4.19. The van der Waals surface area contributed by atoms with Crippen LogP contribution in [0.1, 0.15) is 13.3 Å². The van der Waals surface area contributed by atoms with Gasteiger partial charge in [-0.1, -0.05) is 0 Å². The van der Waals surface area contributed by atoms with E-state index in [9.17, 15) is 8.42 Å². The summed E-state index contributed by atoms with van der Waals surface area (Å²) in [6, 6.07) is 0. The van der Waals surface area contributed by atoms with Crippen molar-refractivity contribution in [2.75, 3.05) is 26.0 Å². The lowest BCUT2D eigenvalue weighted by atomic mass is 10.3. The van der Waals surface area contributed by atoms with Gasteiger partial charge in [0.2, 0.25) is 21.8 Å². The van der Waals surface area contributed by atoms with E-state index in [2.05, 4.69) is 9.97 Å². The van der Waals surface area contributed by atoms with E-state index in [1.54, 1.807) is 6.92 Å². The summed E-state index contributed by atoms with van der Waals surface area (Å²) in [7, 11) is -1.64. The highest BCUT2D eigenvalue weighted by Crippen LogP contribution is 2.20. The van der Waals surface area contributed by atoms with Crippen LogP contribution < -0.4 is 9.47 Å².